The summed E-state index contributed by atoms with van der Waals surface area (Å²) in [5.41, 5.74) is 11.1. The molecule has 1 aromatic heterocycles. The third-order valence-corrected chi connectivity index (χ3v) is 6.61. The Morgan fingerprint density at radius 3 is 2.76 bits per heavy atom. The van der Waals surface area contributed by atoms with Gasteiger partial charge in [0.1, 0.15) is 30.2 Å². The van der Waals surface area contributed by atoms with E-state index in [-0.39, 0.29) is 16.8 Å². The van der Waals surface area contributed by atoms with Crippen molar-refractivity contribution in [1.82, 2.24) is 9.97 Å². The quantitative estimate of drug-likeness (QED) is 0.358. The number of hydrogen-bond acceptors (Lipinski definition) is 7. The number of fused-ring (bicyclic) bond motifs is 2. The zero-order valence-corrected chi connectivity index (χ0v) is 18.9. The first-order chi connectivity index (χ1) is 15.8. The molecule has 0 unspecified atom stereocenters. The Morgan fingerprint density at radius 1 is 1.15 bits per heavy atom. The van der Waals surface area contributed by atoms with Crippen LogP contribution in [0.15, 0.2) is 42.7 Å². The molecule has 3 aromatic rings. The number of nitrogen functional groups attached to an aromatic ring is 1. The van der Waals surface area contributed by atoms with Gasteiger partial charge >= 0.3 is 0 Å². The zero-order valence-electron chi connectivity index (χ0n) is 18.9. The Kier molecular flexibility index (Phi) is 5.15. The number of nitro benzene ring substituents is 1. The summed E-state index contributed by atoms with van der Waals surface area (Å²) in [6, 6.07) is 10.8. The van der Waals surface area contributed by atoms with Crippen molar-refractivity contribution in [2.45, 2.75) is 39.7 Å². The van der Waals surface area contributed by atoms with E-state index in [0.29, 0.717) is 13.2 Å². The lowest BCUT2D eigenvalue weighted by molar-refractivity contribution is -0.383. The Bertz CT molecular complexity index is 1240. The minimum atomic E-state index is -0.452. The second-order valence-electron chi connectivity index (χ2n) is 9.59. The van der Waals surface area contributed by atoms with Crippen LogP contribution in [0.2, 0.25) is 0 Å². The van der Waals surface area contributed by atoms with E-state index in [4.69, 9.17) is 10.5 Å². The third kappa shape index (κ3) is 4.08. The second kappa shape index (κ2) is 8.03. The second-order valence-corrected chi connectivity index (χ2v) is 9.59. The zero-order chi connectivity index (χ0) is 23.2. The summed E-state index contributed by atoms with van der Waals surface area (Å²) < 4.78 is 6.04. The highest BCUT2D eigenvalue weighted by Gasteiger charge is 2.30. The molecular weight excluding hydrogens is 418 g/mol. The average Bonchev–Trinajstić information content (AvgIpc) is 3.00. The van der Waals surface area contributed by atoms with Gasteiger partial charge in [0.05, 0.1) is 11.5 Å². The molecule has 1 aliphatic carbocycles. The molecule has 0 radical (unpaired) electrons. The first-order valence-electron chi connectivity index (χ1n) is 11.2. The largest absolute Gasteiger partial charge is 0.491 e. The monoisotopic (exact) mass is 445 g/mol. The smallest absolute Gasteiger partial charge is 0.292 e. The lowest BCUT2D eigenvalue weighted by atomic mass is 9.76. The van der Waals surface area contributed by atoms with Gasteiger partial charge in [0.25, 0.3) is 5.69 Å². The molecule has 0 bridgehead atoms. The van der Waals surface area contributed by atoms with Crippen LogP contribution in [0.3, 0.4) is 0 Å². The average molecular weight is 446 g/mol. The fourth-order valence-electron chi connectivity index (χ4n) is 4.77. The number of rotatable bonds is 3. The summed E-state index contributed by atoms with van der Waals surface area (Å²) in [6.45, 7) is 6.52. The number of nitrogens with zero attached hydrogens (tertiary/aromatic N) is 4. The van der Waals surface area contributed by atoms with Crippen molar-refractivity contribution in [2.24, 2.45) is 5.41 Å². The topological polar surface area (TPSA) is 107 Å². The lowest BCUT2D eigenvalue weighted by Crippen LogP contribution is -2.31. The molecule has 2 heterocycles. The highest BCUT2D eigenvalue weighted by molar-refractivity contribution is 5.73. The maximum Gasteiger partial charge on any atom is 0.292 e. The van der Waals surface area contributed by atoms with Crippen LogP contribution in [0.5, 0.6) is 5.75 Å². The van der Waals surface area contributed by atoms with E-state index in [1.54, 1.807) is 12.4 Å². The van der Waals surface area contributed by atoms with Crippen molar-refractivity contribution in [3.8, 4) is 16.9 Å². The molecule has 2 aliphatic rings. The number of nitro groups is 1. The van der Waals surface area contributed by atoms with Crippen molar-refractivity contribution in [3.63, 3.8) is 0 Å². The van der Waals surface area contributed by atoms with E-state index in [0.717, 1.165) is 59.8 Å². The van der Waals surface area contributed by atoms with Gasteiger partial charge in [-0.15, -0.1) is 0 Å². The van der Waals surface area contributed by atoms with Gasteiger partial charge in [0.2, 0.25) is 0 Å². The molecule has 170 valence electrons. The minimum absolute atomic E-state index is 0.0875. The Balaban J connectivity index is 1.51. The van der Waals surface area contributed by atoms with Gasteiger partial charge in [-0.2, -0.15) is 0 Å². The molecule has 0 saturated carbocycles. The Labute approximate surface area is 192 Å². The molecule has 8 nitrogen and oxygen atoms in total. The number of aryl methyl sites for hydroxylation is 1. The number of anilines is 2. The molecule has 2 aromatic carbocycles. The first kappa shape index (κ1) is 21.2. The van der Waals surface area contributed by atoms with Crippen molar-refractivity contribution < 1.29 is 9.66 Å². The number of ether oxygens (including phenoxy) is 1. The molecule has 0 saturated heterocycles. The van der Waals surface area contributed by atoms with Crippen LogP contribution in [-0.4, -0.2) is 28.0 Å². The maximum absolute atomic E-state index is 11.3. The molecule has 0 fully saturated rings. The fraction of sp³-hybridized carbons (Fsp3) is 0.360. The Hall–Kier alpha value is -3.68. The highest BCUT2D eigenvalue weighted by Crippen LogP contribution is 2.39. The number of aromatic nitrogens is 2. The fourth-order valence-corrected chi connectivity index (χ4v) is 4.77. The van der Waals surface area contributed by atoms with Crippen molar-refractivity contribution in [3.05, 3.63) is 69.7 Å². The van der Waals surface area contributed by atoms with E-state index in [1.807, 2.05) is 24.3 Å². The lowest BCUT2D eigenvalue weighted by Gasteiger charge is -2.33. The van der Waals surface area contributed by atoms with Crippen molar-refractivity contribution in [2.75, 3.05) is 23.8 Å². The van der Waals surface area contributed by atoms with Gasteiger partial charge in [-0.25, -0.2) is 9.97 Å². The van der Waals surface area contributed by atoms with Crippen LogP contribution < -0.4 is 15.4 Å². The summed E-state index contributed by atoms with van der Waals surface area (Å²) >= 11 is 0. The van der Waals surface area contributed by atoms with Crippen LogP contribution in [0.1, 0.15) is 37.1 Å². The van der Waals surface area contributed by atoms with Crippen LogP contribution in [0, 0.1) is 15.5 Å². The van der Waals surface area contributed by atoms with Crippen LogP contribution in [0.4, 0.5) is 17.2 Å². The minimum Gasteiger partial charge on any atom is -0.491 e. The summed E-state index contributed by atoms with van der Waals surface area (Å²) in [6.07, 6.45) is 4.72. The Morgan fingerprint density at radius 2 is 1.94 bits per heavy atom. The molecule has 0 atom stereocenters. The van der Waals surface area contributed by atoms with Crippen molar-refractivity contribution >= 4 is 17.2 Å². The van der Waals surface area contributed by atoms with E-state index in [2.05, 4.69) is 28.7 Å². The van der Waals surface area contributed by atoms with Crippen LogP contribution >= 0.6 is 0 Å². The summed E-state index contributed by atoms with van der Waals surface area (Å²) in [4.78, 5) is 22.4. The van der Waals surface area contributed by atoms with E-state index in [9.17, 15) is 10.1 Å². The predicted molar refractivity (Wildman–Crippen MR) is 127 cm³/mol. The van der Waals surface area contributed by atoms with Crippen LogP contribution in [-0.2, 0) is 19.4 Å². The maximum atomic E-state index is 11.3. The molecular formula is C25H27N5O3. The predicted octanol–water partition coefficient (Wildman–Crippen LogP) is 4.55. The van der Waals surface area contributed by atoms with Gasteiger partial charge < -0.3 is 15.4 Å². The third-order valence-electron chi connectivity index (χ3n) is 6.61. The SMILES string of the molecule is CC1(C)CCc2ncnc(N3CCOc4ccc(-c5ccc(N)c([N+](=O)[O-])c5)cc4C3)c2C1. The molecule has 5 rings (SSSR count). The van der Waals surface area contributed by atoms with E-state index >= 15 is 0 Å². The molecule has 0 spiro atoms. The number of hydrogen-bond donors (Lipinski definition) is 1. The first-order valence-corrected chi connectivity index (χ1v) is 11.2. The molecule has 2 N–H and O–H groups in total. The van der Waals surface area contributed by atoms with Gasteiger partial charge in [0.15, 0.2) is 0 Å². The normalized spacial score (nSPS) is 16.8. The molecule has 8 heteroatoms. The molecule has 1 aliphatic heterocycles. The van der Waals surface area contributed by atoms with E-state index < -0.39 is 4.92 Å². The molecule has 0 amide bonds. The van der Waals surface area contributed by atoms with Gasteiger partial charge in [-0.05, 0) is 54.0 Å². The van der Waals surface area contributed by atoms with Gasteiger partial charge in [-0.1, -0.05) is 26.0 Å². The number of benzene rings is 2. The standard InChI is InChI=1S/C25H27N5O3/c1-25(2)8-7-21-19(13-25)24(28-15-27-21)29-9-10-33-23-6-4-16(11-18(23)14-29)17-3-5-20(26)22(12-17)30(31)32/h3-6,11-12,15H,7-10,13-14,26H2,1-2H3. The van der Waals surface area contributed by atoms with Crippen molar-refractivity contribution in [1.29, 1.82) is 0 Å². The van der Waals surface area contributed by atoms with Gasteiger partial charge in [0, 0.05) is 29.4 Å². The summed E-state index contributed by atoms with van der Waals surface area (Å²) in [5.74, 6) is 1.81. The highest BCUT2D eigenvalue weighted by atomic mass is 16.6. The van der Waals surface area contributed by atoms with E-state index in [1.165, 1.54) is 11.6 Å². The number of nitrogens with two attached hydrogens (primary N) is 1. The van der Waals surface area contributed by atoms with Crippen LogP contribution in [0.25, 0.3) is 11.1 Å². The summed E-state index contributed by atoms with van der Waals surface area (Å²) in [5, 5.41) is 11.3. The van der Waals surface area contributed by atoms with Gasteiger partial charge in [-0.3, -0.25) is 10.1 Å². The summed E-state index contributed by atoms with van der Waals surface area (Å²) in [7, 11) is 0. The molecule has 33 heavy (non-hydrogen) atoms.